The molecule has 0 atom stereocenters. The first kappa shape index (κ1) is 18.6. The molecule has 2 aliphatic rings. The number of hydrogen-bond donors (Lipinski definition) is 0. The summed E-state index contributed by atoms with van der Waals surface area (Å²) in [6.45, 7) is 7.62. The Morgan fingerprint density at radius 3 is 2.52 bits per heavy atom. The summed E-state index contributed by atoms with van der Waals surface area (Å²) in [5, 5.41) is 3.88. The Balaban J connectivity index is 1.28. The van der Waals surface area contributed by atoms with Gasteiger partial charge in [-0.3, -0.25) is 9.80 Å². The first-order chi connectivity index (χ1) is 13.2. The number of benzene rings is 1. The van der Waals surface area contributed by atoms with Crippen LogP contribution in [0.2, 0.25) is 0 Å². The van der Waals surface area contributed by atoms with Crippen LogP contribution in [-0.4, -0.2) is 78.0 Å². The lowest BCUT2D eigenvalue weighted by molar-refractivity contribution is 0.0979. The van der Waals surface area contributed by atoms with E-state index in [1.165, 1.54) is 0 Å². The van der Waals surface area contributed by atoms with Crippen molar-refractivity contribution in [3.63, 3.8) is 0 Å². The molecular weight excluding hydrogens is 380 g/mol. The van der Waals surface area contributed by atoms with Crippen LogP contribution in [0.4, 0.5) is 0 Å². The molecule has 0 saturated carbocycles. The molecule has 27 heavy (non-hydrogen) atoms. The monoisotopic (exact) mass is 404 g/mol. The second kappa shape index (κ2) is 8.52. The van der Waals surface area contributed by atoms with Gasteiger partial charge in [0.25, 0.3) is 5.17 Å². The Labute approximate surface area is 169 Å². The van der Waals surface area contributed by atoms with Crippen molar-refractivity contribution in [3.8, 4) is 16.3 Å². The third-order valence-corrected chi connectivity index (χ3v) is 6.27. The minimum atomic E-state index is 0.644. The smallest absolute Gasteiger partial charge is 0.260 e. The lowest BCUT2D eigenvalue weighted by Gasteiger charge is -2.36. The van der Waals surface area contributed by atoms with Gasteiger partial charge >= 0.3 is 0 Å². The van der Waals surface area contributed by atoms with Crippen LogP contribution in [0, 0.1) is 0 Å². The standard InChI is InChI=1S/C19H24N4O2S2/c1-24-17-4-2-15(3-5-17)18-20-16(13-27-18)12-21-6-8-22(9-7-21)14-23-10-11-25-19(23)26/h2-5,13H,6-12,14H2,1H3. The molecule has 0 unspecified atom stereocenters. The highest BCUT2D eigenvalue weighted by Crippen LogP contribution is 2.26. The molecule has 144 valence electrons. The summed E-state index contributed by atoms with van der Waals surface area (Å²) in [6, 6.07) is 8.08. The molecule has 3 heterocycles. The van der Waals surface area contributed by atoms with Gasteiger partial charge in [0, 0.05) is 43.7 Å². The summed E-state index contributed by atoms with van der Waals surface area (Å²) in [5.41, 5.74) is 2.29. The number of hydrogen-bond acceptors (Lipinski definition) is 7. The van der Waals surface area contributed by atoms with Gasteiger partial charge in [0.05, 0.1) is 26.0 Å². The molecule has 2 fully saturated rings. The van der Waals surface area contributed by atoms with Gasteiger partial charge in [0.15, 0.2) is 0 Å². The van der Waals surface area contributed by atoms with Crippen LogP contribution >= 0.6 is 23.6 Å². The summed E-state index contributed by atoms with van der Waals surface area (Å²) < 4.78 is 10.6. The molecule has 6 nitrogen and oxygen atoms in total. The van der Waals surface area contributed by atoms with Gasteiger partial charge in [-0.15, -0.1) is 11.3 Å². The van der Waals surface area contributed by atoms with Gasteiger partial charge in [-0.2, -0.15) is 0 Å². The molecular formula is C19H24N4O2S2. The van der Waals surface area contributed by atoms with Crippen molar-refractivity contribution in [3.05, 3.63) is 35.3 Å². The number of aromatic nitrogens is 1. The lowest BCUT2D eigenvalue weighted by atomic mass is 10.2. The minimum absolute atomic E-state index is 0.644. The quantitative estimate of drug-likeness (QED) is 0.685. The van der Waals surface area contributed by atoms with Crippen LogP contribution < -0.4 is 4.74 Å². The van der Waals surface area contributed by atoms with Gasteiger partial charge in [0.1, 0.15) is 17.4 Å². The van der Waals surface area contributed by atoms with E-state index in [-0.39, 0.29) is 0 Å². The molecule has 2 aromatic rings. The molecule has 1 aromatic heterocycles. The maximum Gasteiger partial charge on any atom is 0.260 e. The molecule has 0 amide bonds. The van der Waals surface area contributed by atoms with Crippen LogP contribution in [0.15, 0.2) is 29.6 Å². The van der Waals surface area contributed by atoms with Gasteiger partial charge in [0.2, 0.25) is 0 Å². The van der Waals surface area contributed by atoms with Crippen LogP contribution in [0.3, 0.4) is 0 Å². The van der Waals surface area contributed by atoms with E-state index >= 15 is 0 Å². The number of thiocarbonyl (C=S) groups is 1. The number of thiazole rings is 1. The fraction of sp³-hybridized carbons (Fsp3) is 0.474. The van der Waals surface area contributed by atoms with Crippen molar-refractivity contribution >= 4 is 28.7 Å². The molecule has 0 N–H and O–H groups in total. The van der Waals surface area contributed by atoms with Crippen molar-refractivity contribution in [2.75, 3.05) is 53.1 Å². The molecule has 4 rings (SSSR count). The second-order valence-electron chi connectivity index (χ2n) is 6.79. The molecule has 8 heteroatoms. The number of rotatable bonds is 6. The Hall–Kier alpha value is -1.74. The van der Waals surface area contributed by atoms with Crippen molar-refractivity contribution in [2.45, 2.75) is 6.54 Å². The third-order valence-electron chi connectivity index (χ3n) is 4.95. The van der Waals surface area contributed by atoms with Crippen molar-refractivity contribution in [1.29, 1.82) is 0 Å². The van der Waals surface area contributed by atoms with E-state index in [9.17, 15) is 0 Å². The van der Waals surface area contributed by atoms with E-state index in [2.05, 4.69) is 32.2 Å². The van der Waals surface area contributed by atoms with E-state index in [0.717, 1.165) is 74.6 Å². The topological polar surface area (TPSA) is 41.1 Å². The maximum absolute atomic E-state index is 5.37. The molecule has 0 aliphatic carbocycles. The van der Waals surface area contributed by atoms with Gasteiger partial charge in [-0.25, -0.2) is 4.98 Å². The molecule has 0 bridgehead atoms. The van der Waals surface area contributed by atoms with Gasteiger partial charge in [-0.05, 0) is 36.5 Å². The molecule has 1 aromatic carbocycles. The first-order valence-corrected chi connectivity index (χ1v) is 10.5. The minimum Gasteiger partial charge on any atom is -0.497 e. The van der Waals surface area contributed by atoms with Crippen molar-refractivity contribution in [2.24, 2.45) is 0 Å². The van der Waals surface area contributed by atoms with E-state index in [1.807, 2.05) is 12.1 Å². The second-order valence-corrected chi connectivity index (χ2v) is 7.99. The molecule has 0 radical (unpaired) electrons. The Morgan fingerprint density at radius 1 is 1.11 bits per heavy atom. The molecule has 2 aliphatic heterocycles. The molecule has 0 spiro atoms. The van der Waals surface area contributed by atoms with E-state index in [0.29, 0.717) is 5.17 Å². The Bertz CT molecular complexity index is 772. The van der Waals surface area contributed by atoms with E-state index in [4.69, 9.17) is 26.7 Å². The van der Waals surface area contributed by atoms with Crippen LogP contribution in [0.25, 0.3) is 10.6 Å². The number of piperazine rings is 1. The van der Waals surface area contributed by atoms with Crippen LogP contribution in [0.1, 0.15) is 5.69 Å². The third kappa shape index (κ3) is 4.57. The summed E-state index contributed by atoms with van der Waals surface area (Å²) in [6.07, 6.45) is 0. The predicted octanol–water partition coefficient (Wildman–Crippen LogP) is 2.51. The van der Waals surface area contributed by atoms with Crippen molar-refractivity contribution in [1.82, 2.24) is 19.7 Å². The van der Waals surface area contributed by atoms with E-state index < -0.39 is 0 Å². The van der Waals surface area contributed by atoms with Crippen LogP contribution in [-0.2, 0) is 11.3 Å². The Kier molecular flexibility index (Phi) is 5.87. The van der Waals surface area contributed by atoms with Gasteiger partial charge < -0.3 is 14.4 Å². The zero-order valence-corrected chi connectivity index (χ0v) is 17.1. The Morgan fingerprint density at radius 2 is 1.85 bits per heavy atom. The highest BCUT2D eigenvalue weighted by molar-refractivity contribution is 7.80. The summed E-state index contributed by atoms with van der Waals surface area (Å²) in [4.78, 5) is 11.9. The summed E-state index contributed by atoms with van der Waals surface area (Å²) in [5.74, 6) is 0.870. The number of nitrogens with zero attached hydrogens (tertiary/aromatic N) is 4. The normalized spacial score (nSPS) is 18.7. The van der Waals surface area contributed by atoms with Gasteiger partial charge in [-0.1, -0.05) is 0 Å². The maximum atomic E-state index is 5.37. The highest BCUT2D eigenvalue weighted by Gasteiger charge is 2.24. The summed E-state index contributed by atoms with van der Waals surface area (Å²) >= 11 is 6.93. The average molecular weight is 405 g/mol. The first-order valence-electron chi connectivity index (χ1n) is 9.16. The zero-order valence-electron chi connectivity index (χ0n) is 15.5. The fourth-order valence-electron chi connectivity index (χ4n) is 3.36. The SMILES string of the molecule is COc1ccc(-c2nc(CN3CCN(CN4CCOC4=S)CC3)cs2)cc1. The lowest BCUT2D eigenvalue weighted by Crippen LogP contribution is -2.49. The highest BCUT2D eigenvalue weighted by atomic mass is 32.1. The van der Waals surface area contributed by atoms with Crippen molar-refractivity contribution < 1.29 is 9.47 Å². The summed E-state index contributed by atoms with van der Waals surface area (Å²) in [7, 11) is 1.68. The van der Waals surface area contributed by atoms with Crippen LogP contribution in [0.5, 0.6) is 5.75 Å². The number of ether oxygens (including phenoxy) is 2. The zero-order chi connectivity index (χ0) is 18.6. The average Bonchev–Trinajstić information content (AvgIpc) is 3.33. The predicted molar refractivity (Wildman–Crippen MR) is 111 cm³/mol. The number of methoxy groups -OCH3 is 1. The largest absolute Gasteiger partial charge is 0.497 e. The molecule has 2 saturated heterocycles. The van der Waals surface area contributed by atoms with E-state index in [1.54, 1.807) is 18.4 Å². The fourth-order valence-corrected chi connectivity index (χ4v) is 4.41.